The summed E-state index contributed by atoms with van der Waals surface area (Å²) in [6.45, 7) is 1.72. The summed E-state index contributed by atoms with van der Waals surface area (Å²) in [5, 5.41) is 2.55. The standard InChI is InChI=1S/C11H18N2O4/c1-6(12)5-7(11(16)17-2)10(15)8-3-4-9(14)13-8/h6-8H,3-5,12H2,1-2H3,(H,13,14)/t6?,7?,8-/m0/s1. The van der Waals surface area contributed by atoms with Gasteiger partial charge in [0.25, 0.3) is 0 Å². The van der Waals surface area contributed by atoms with E-state index in [-0.39, 0.29) is 24.2 Å². The minimum Gasteiger partial charge on any atom is -0.468 e. The summed E-state index contributed by atoms with van der Waals surface area (Å²) >= 11 is 0. The first kappa shape index (κ1) is 13.6. The van der Waals surface area contributed by atoms with Crippen molar-refractivity contribution in [3.8, 4) is 0 Å². The predicted octanol–water partition coefficient (Wildman–Crippen LogP) is -0.639. The zero-order chi connectivity index (χ0) is 13.0. The van der Waals surface area contributed by atoms with Gasteiger partial charge in [0, 0.05) is 12.5 Å². The third kappa shape index (κ3) is 3.52. The van der Waals surface area contributed by atoms with Crippen molar-refractivity contribution in [2.75, 3.05) is 7.11 Å². The van der Waals surface area contributed by atoms with E-state index in [1.807, 2.05) is 0 Å². The van der Waals surface area contributed by atoms with E-state index in [1.54, 1.807) is 6.92 Å². The number of hydrogen-bond acceptors (Lipinski definition) is 5. The highest BCUT2D eigenvalue weighted by Gasteiger charge is 2.36. The topological polar surface area (TPSA) is 98.5 Å². The van der Waals surface area contributed by atoms with Crippen molar-refractivity contribution in [3.05, 3.63) is 0 Å². The van der Waals surface area contributed by atoms with Crippen molar-refractivity contribution < 1.29 is 19.1 Å². The van der Waals surface area contributed by atoms with Gasteiger partial charge in [-0.1, -0.05) is 0 Å². The lowest BCUT2D eigenvalue weighted by Crippen LogP contribution is -2.42. The zero-order valence-electron chi connectivity index (χ0n) is 10.1. The second-order valence-electron chi connectivity index (χ2n) is 4.35. The van der Waals surface area contributed by atoms with Crippen LogP contribution in [0.3, 0.4) is 0 Å². The fourth-order valence-corrected chi connectivity index (χ4v) is 1.91. The number of amides is 1. The molecule has 0 aromatic carbocycles. The molecule has 1 heterocycles. The van der Waals surface area contributed by atoms with Gasteiger partial charge in [-0.3, -0.25) is 14.4 Å². The molecule has 0 radical (unpaired) electrons. The second-order valence-corrected chi connectivity index (χ2v) is 4.35. The highest BCUT2D eigenvalue weighted by Crippen LogP contribution is 2.17. The zero-order valence-corrected chi connectivity index (χ0v) is 10.1. The molecule has 1 rings (SSSR count). The molecule has 6 heteroatoms. The Kier molecular flexibility index (Phi) is 4.62. The van der Waals surface area contributed by atoms with Gasteiger partial charge >= 0.3 is 5.97 Å². The van der Waals surface area contributed by atoms with Gasteiger partial charge in [-0.15, -0.1) is 0 Å². The summed E-state index contributed by atoms with van der Waals surface area (Å²) in [5.41, 5.74) is 5.60. The fraction of sp³-hybridized carbons (Fsp3) is 0.727. The summed E-state index contributed by atoms with van der Waals surface area (Å²) in [5.74, 6) is -1.94. The maximum atomic E-state index is 12.1. The maximum absolute atomic E-state index is 12.1. The molecule has 3 atom stereocenters. The monoisotopic (exact) mass is 242 g/mol. The molecule has 0 bridgehead atoms. The molecule has 1 saturated heterocycles. The summed E-state index contributed by atoms with van der Waals surface area (Å²) in [6, 6.07) is -0.856. The molecule has 3 N–H and O–H groups in total. The third-order valence-corrected chi connectivity index (χ3v) is 2.78. The van der Waals surface area contributed by atoms with Crippen LogP contribution in [0.2, 0.25) is 0 Å². The summed E-state index contributed by atoms with van der Waals surface area (Å²) in [4.78, 5) is 34.6. The molecular weight excluding hydrogens is 224 g/mol. The molecule has 96 valence electrons. The Morgan fingerprint density at radius 1 is 1.59 bits per heavy atom. The maximum Gasteiger partial charge on any atom is 0.316 e. The summed E-state index contributed by atoms with van der Waals surface area (Å²) in [6.07, 6.45) is 0.991. The van der Waals surface area contributed by atoms with Crippen molar-refractivity contribution >= 4 is 17.7 Å². The molecule has 0 aromatic rings. The lowest BCUT2D eigenvalue weighted by Gasteiger charge is -2.18. The molecule has 1 fully saturated rings. The van der Waals surface area contributed by atoms with Crippen molar-refractivity contribution in [2.24, 2.45) is 11.7 Å². The molecule has 2 unspecified atom stereocenters. The van der Waals surface area contributed by atoms with Crippen LogP contribution in [-0.2, 0) is 19.1 Å². The van der Waals surface area contributed by atoms with Gasteiger partial charge in [0.1, 0.15) is 5.92 Å². The number of esters is 1. The minimum atomic E-state index is -0.886. The van der Waals surface area contributed by atoms with Crippen molar-refractivity contribution in [2.45, 2.75) is 38.3 Å². The van der Waals surface area contributed by atoms with Crippen LogP contribution in [0, 0.1) is 5.92 Å². The highest BCUT2D eigenvalue weighted by atomic mass is 16.5. The van der Waals surface area contributed by atoms with E-state index in [4.69, 9.17) is 5.73 Å². The van der Waals surface area contributed by atoms with E-state index in [1.165, 1.54) is 7.11 Å². The van der Waals surface area contributed by atoms with Crippen LogP contribution in [0.4, 0.5) is 0 Å². The average Bonchev–Trinajstić information content (AvgIpc) is 2.70. The van der Waals surface area contributed by atoms with Crippen molar-refractivity contribution in [1.82, 2.24) is 5.32 Å². The van der Waals surface area contributed by atoms with Crippen LogP contribution in [0.15, 0.2) is 0 Å². The molecule has 0 aromatic heterocycles. The van der Waals surface area contributed by atoms with Crippen LogP contribution in [-0.4, -0.2) is 36.9 Å². The van der Waals surface area contributed by atoms with E-state index >= 15 is 0 Å². The Morgan fingerprint density at radius 2 is 2.24 bits per heavy atom. The molecule has 6 nitrogen and oxygen atoms in total. The van der Waals surface area contributed by atoms with Gasteiger partial charge < -0.3 is 15.8 Å². The van der Waals surface area contributed by atoms with E-state index in [9.17, 15) is 14.4 Å². The SMILES string of the molecule is COC(=O)C(CC(C)N)C(=O)[C@@H]1CCC(=O)N1. The molecule has 1 amide bonds. The van der Waals surface area contributed by atoms with E-state index in [2.05, 4.69) is 10.1 Å². The van der Waals surface area contributed by atoms with Crippen LogP contribution in [0.25, 0.3) is 0 Å². The molecular formula is C11H18N2O4. The van der Waals surface area contributed by atoms with E-state index in [0.29, 0.717) is 12.8 Å². The first-order chi connectivity index (χ1) is 7.95. The van der Waals surface area contributed by atoms with Crippen LogP contribution in [0.5, 0.6) is 0 Å². The quantitative estimate of drug-likeness (QED) is 0.493. The molecule has 1 aliphatic rings. The van der Waals surface area contributed by atoms with Gasteiger partial charge in [0.2, 0.25) is 5.91 Å². The number of ketones is 1. The normalized spacial score (nSPS) is 22.8. The smallest absolute Gasteiger partial charge is 0.316 e. The third-order valence-electron chi connectivity index (χ3n) is 2.78. The lowest BCUT2D eigenvalue weighted by molar-refractivity contribution is -0.150. The van der Waals surface area contributed by atoms with E-state index in [0.717, 1.165) is 0 Å². The van der Waals surface area contributed by atoms with Gasteiger partial charge in [-0.05, 0) is 19.8 Å². The van der Waals surface area contributed by atoms with Gasteiger partial charge in [0.15, 0.2) is 5.78 Å². The Bertz CT molecular complexity index is 327. The Balaban J connectivity index is 2.72. The number of rotatable bonds is 5. The second kappa shape index (κ2) is 5.77. The van der Waals surface area contributed by atoms with Crippen LogP contribution in [0.1, 0.15) is 26.2 Å². The summed E-state index contributed by atoms with van der Waals surface area (Å²) in [7, 11) is 1.23. The first-order valence-corrected chi connectivity index (χ1v) is 5.62. The van der Waals surface area contributed by atoms with E-state index < -0.39 is 17.9 Å². The number of ether oxygens (including phenoxy) is 1. The fourth-order valence-electron chi connectivity index (χ4n) is 1.91. The Morgan fingerprint density at radius 3 is 2.65 bits per heavy atom. The molecule has 0 aliphatic carbocycles. The largest absolute Gasteiger partial charge is 0.468 e. The number of hydrogen-bond donors (Lipinski definition) is 2. The summed E-state index contributed by atoms with van der Waals surface area (Å²) < 4.78 is 4.59. The van der Waals surface area contributed by atoms with Crippen molar-refractivity contribution in [1.29, 1.82) is 0 Å². The molecule has 0 spiro atoms. The molecule has 17 heavy (non-hydrogen) atoms. The number of nitrogens with one attached hydrogen (secondary N) is 1. The molecule has 0 saturated carbocycles. The van der Waals surface area contributed by atoms with Gasteiger partial charge in [-0.2, -0.15) is 0 Å². The number of carbonyl (C=O) groups excluding carboxylic acids is 3. The van der Waals surface area contributed by atoms with Crippen molar-refractivity contribution in [3.63, 3.8) is 0 Å². The number of carbonyl (C=O) groups is 3. The average molecular weight is 242 g/mol. The van der Waals surface area contributed by atoms with Gasteiger partial charge in [0.05, 0.1) is 13.2 Å². The number of Topliss-reactive ketones (excluding diaryl/α,β-unsaturated/α-hetero) is 1. The number of methoxy groups -OCH3 is 1. The van der Waals surface area contributed by atoms with Crippen LogP contribution >= 0.6 is 0 Å². The minimum absolute atomic E-state index is 0.159. The number of nitrogens with two attached hydrogens (primary N) is 1. The Labute approximate surface area is 99.9 Å². The lowest BCUT2D eigenvalue weighted by atomic mass is 9.91. The van der Waals surface area contributed by atoms with Gasteiger partial charge in [-0.25, -0.2) is 0 Å². The first-order valence-electron chi connectivity index (χ1n) is 5.62. The van der Waals surface area contributed by atoms with Crippen LogP contribution < -0.4 is 11.1 Å². The Hall–Kier alpha value is -1.43. The highest BCUT2D eigenvalue weighted by molar-refractivity contribution is 6.04. The predicted molar refractivity (Wildman–Crippen MR) is 59.9 cm³/mol. The molecule has 1 aliphatic heterocycles.